The van der Waals surface area contributed by atoms with Gasteiger partial charge in [0.15, 0.2) is 5.65 Å². The number of aromatic nitrogens is 4. The van der Waals surface area contributed by atoms with Gasteiger partial charge in [0.2, 0.25) is 11.4 Å². The Morgan fingerprint density at radius 3 is 2.81 bits per heavy atom. The third-order valence-corrected chi connectivity index (χ3v) is 6.69. The van der Waals surface area contributed by atoms with E-state index < -0.39 is 11.3 Å². The molecular weight excluding hydrogens is 456 g/mol. The van der Waals surface area contributed by atoms with Crippen LogP contribution in [0.15, 0.2) is 65.8 Å². The van der Waals surface area contributed by atoms with Crippen molar-refractivity contribution in [2.45, 2.75) is 19.3 Å². The van der Waals surface area contributed by atoms with E-state index >= 15 is 0 Å². The Kier molecular flexibility index (Phi) is 5.26. The summed E-state index contributed by atoms with van der Waals surface area (Å²) in [5.74, 6) is -0.279. The van der Waals surface area contributed by atoms with Gasteiger partial charge >= 0.3 is 0 Å². The fraction of sp³-hybridized carbons (Fsp3) is 0.185. The number of aryl methyl sites for hydroxylation is 3. The first-order valence-corrected chi connectivity index (χ1v) is 11.7. The van der Waals surface area contributed by atoms with Gasteiger partial charge in [-0.25, -0.2) is 10.5 Å². The molecule has 0 unspecified atom stereocenters. The molecule has 3 aromatic heterocycles. The van der Waals surface area contributed by atoms with Crippen molar-refractivity contribution in [3.05, 3.63) is 88.0 Å². The third kappa shape index (κ3) is 3.70. The Labute approximate surface area is 206 Å². The number of fused-ring (bicyclic) bond motifs is 3. The molecule has 0 bridgehead atoms. The number of rotatable bonds is 5. The largest absolute Gasteiger partial charge is 0.351 e. The van der Waals surface area contributed by atoms with Crippen molar-refractivity contribution in [3.8, 4) is 5.69 Å². The first-order chi connectivity index (χ1) is 17.5. The van der Waals surface area contributed by atoms with Gasteiger partial charge in [0, 0.05) is 47.9 Å². The number of hydroxylamine groups is 1. The van der Waals surface area contributed by atoms with Gasteiger partial charge in [-0.2, -0.15) is 4.98 Å². The summed E-state index contributed by atoms with van der Waals surface area (Å²) in [6, 6.07) is 14.2. The lowest BCUT2D eigenvalue weighted by molar-refractivity contribution is 0.0536. The minimum absolute atomic E-state index is 0.0521. The van der Waals surface area contributed by atoms with Crippen molar-refractivity contribution in [1.29, 1.82) is 0 Å². The molecule has 0 fully saturated rings. The first kappa shape index (κ1) is 22.0. The quantitative estimate of drug-likeness (QED) is 0.371. The maximum atomic E-state index is 13.2. The number of pyridine rings is 1. The van der Waals surface area contributed by atoms with Crippen LogP contribution in [0.4, 0.5) is 11.6 Å². The van der Waals surface area contributed by atoms with E-state index in [1.165, 1.54) is 30.6 Å². The van der Waals surface area contributed by atoms with E-state index in [9.17, 15) is 9.59 Å². The molecule has 3 heterocycles. The van der Waals surface area contributed by atoms with Crippen molar-refractivity contribution in [1.82, 2.24) is 24.6 Å². The zero-order chi connectivity index (χ0) is 24.8. The second kappa shape index (κ2) is 8.62. The number of amides is 1. The van der Waals surface area contributed by atoms with Gasteiger partial charge in [-0.1, -0.05) is 6.07 Å². The van der Waals surface area contributed by atoms with Crippen molar-refractivity contribution in [3.63, 3.8) is 0 Å². The monoisotopic (exact) mass is 480 g/mol. The molecule has 0 atom stereocenters. The average molecular weight is 481 g/mol. The molecule has 9 nitrogen and oxygen atoms in total. The summed E-state index contributed by atoms with van der Waals surface area (Å²) in [7, 11) is 3.33. The lowest BCUT2D eigenvalue weighted by atomic mass is 10.1. The number of benzene rings is 2. The Hall–Kier alpha value is -4.50. The summed E-state index contributed by atoms with van der Waals surface area (Å²) in [6.45, 7) is 0. The maximum absolute atomic E-state index is 13.2. The van der Waals surface area contributed by atoms with E-state index in [2.05, 4.69) is 32.5 Å². The lowest BCUT2D eigenvalue weighted by Crippen LogP contribution is -2.29. The number of nitrogens with zero attached hydrogens (tertiary/aromatic N) is 4. The van der Waals surface area contributed by atoms with Crippen molar-refractivity contribution in [2.24, 2.45) is 7.05 Å². The minimum Gasteiger partial charge on any atom is -0.351 e. The molecule has 0 saturated carbocycles. The molecule has 1 aliphatic carbocycles. The Bertz CT molecular complexity index is 1720. The minimum atomic E-state index is -0.627. The van der Waals surface area contributed by atoms with Gasteiger partial charge in [-0.05, 0) is 66.8 Å². The molecule has 180 valence electrons. The smallest absolute Gasteiger partial charge is 0.280 e. The molecule has 9 heteroatoms. The summed E-state index contributed by atoms with van der Waals surface area (Å²) in [4.78, 5) is 39.6. The van der Waals surface area contributed by atoms with Crippen molar-refractivity contribution >= 4 is 39.5 Å². The van der Waals surface area contributed by atoms with Crippen LogP contribution in [-0.2, 0) is 24.7 Å². The van der Waals surface area contributed by atoms with E-state index in [1.54, 1.807) is 4.57 Å². The highest BCUT2D eigenvalue weighted by Crippen LogP contribution is 2.27. The third-order valence-electron chi connectivity index (χ3n) is 6.69. The van der Waals surface area contributed by atoms with Crippen LogP contribution in [0, 0.1) is 0 Å². The first-order valence-electron chi connectivity index (χ1n) is 11.7. The van der Waals surface area contributed by atoms with Crippen LogP contribution in [-0.4, -0.2) is 32.1 Å². The number of anilines is 2. The zero-order valence-electron chi connectivity index (χ0n) is 19.9. The summed E-state index contributed by atoms with van der Waals surface area (Å²) in [5.41, 5.74) is 7.50. The van der Waals surface area contributed by atoms with E-state index in [0.29, 0.717) is 11.6 Å². The van der Waals surface area contributed by atoms with Gasteiger partial charge < -0.3 is 14.5 Å². The average Bonchev–Trinajstić information content (AvgIpc) is 3.50. The number of nitrogens with one attached hydrogen (secondary N) is 2. The number of hydrogen-bond donors (Lipinski definition) is 2. The van der Waals surface area contributed by atoms with Crippen LogP contribution < -0.4 is 16.2 Å². The standard InChI is InChI=1S/C27H24N6O3/c1-32-11-10-18-12-19(7-9-23(18)32)29-27-28-14-21-24(34)22(26(35)31-36-2)15-33(25(21)30-27)20-8-6-16-4-3-5-17(16)13-20/h6-15H,3-5H2,1-2H3,(H,31,35)(H,28,29,30). The topological polar surface area (TPSA) is 103 Å². The SMILES string of the molecule is CONC(=O)c1cn(-c2ccc3c(c2)CCC3)c2nc(Nc3ccc4c(ccn4C)c3)ncc2c1=O. The molecule has 1 aliphatic rings. The number of hydrogen-bond acceptors (Lipinski definition) is 6. The zero-order valence-corrected chi connectivity index (χ0v) is 19.9. The molecule has 1 amide bonds. The van der Waals surface area contributed by atoms with Gasteiger partial charge in [-0.15, -0.1) is 0 Å². The molecular formula is C27H24N6O3. The normalized spacial score (nSPS) is 12.7. The molecule has 2 aromatic carbocycles. The molecule has 2 N–H and O–H groups in total. The van der Waals surface area contributed by atoms with E-state index in [0.717, 1.165) is 41.5 Å². The fourth-order valence-electron chi connectivity index (χ4n) is 4.87. The molecule has 0 spiro atoms. The molecule has 5 aromatic rings. The highest BCUT2D eigenvalue weighted by atomic mass is 16.6. The van der Waals surface area contributed by atoms with Crippen LogP contribution >= 0.6 is 0 Å². The van der Waals surface area contributed by atoms with Gasteiger partial charge in [0.05, 0.1) is 12.5 Å². The van der Waals surface area contributed by atoms with Crippen LogP contribution in [0.5, 0.6) is 0 Å². The van der Waals surface area contributed by atoms with Gasteiger partial charge in [0.1, 0.15) is 5.56 Å². The van der Waals surface area contributed by atoms with Crippen molar-refractivity contribution in [2.75, 3.05) is 12.4 Å². The predicted molar refractivity (Wildman–Crippen MR) is 138 cm³/mol. The van der Waals surface area contributed by atoms with Gasteiger partial charge in [-0.3, -0.25) is 14.4 Å². The highest BCUT2D eigenvalue weighted by Gasteiger charge is 2.19. The second-order valence-electron chi connectivity index (χ2n) is 8.94. The summed E-state index contributed by atoms with van der Waals surface area (Å²) in [6.07, 6.45) is 8.16. The molecule has 0 radical (unpaired) electrons. The number of carbonyl (C=O) groups excluding carboxylic acids is 1. The Balaban J connectivity index is 1.49. The van der Waals surface area contributed by atoms with Crippen LogP contribution in [0.3, 0.4) is 0 Å². The summed E-state index contributed by atoms with van der Waals surface area (Å²) >= 11 is 0. The van der Waals surface area contributed by atoms with Crippen LogP contribution in [0.25, 0.3) is 27.6 Å². The lowest BCUT2D eigenvalue weighted by Gasteiger charge is -2.15. The van der Waals surface area contributed by atoms with E-state index in [4.69, 9.17) is 9.82 Å². The van der Waals surface area contributed by atoms with Crippen LogP contribution in [0.2, 0.25) is 0 Å². The van der Waals surface area contributed by atoms with E-state index in [1.807, 2.05) is 43.6 Å². The summed E-state index contributed by atoms with van der Waals surface area (Å²) < 4.78 is 3.82. The molecule has 36 heavy (non-hydrogen) atoms. The highest BCUT2D eigenvalue weighted by molar-refractivity contribution is 5.96. The van der Waals surface area contributed by atoms with Gasteiger partial charge in [0.25, 0.3) is 5.91 Å². The fourth-order valence-corrected chi connectivity index (χ4v) is 4.87. The molecule has 0 saturated heterocycles. The molecule has 6 rings (SSSR count). The summed E-state index contributed by atoms with van der Waals surface area (Å²) in [5, 5.41) is 4.58. The second-order valence-corrected chi connectivity index (χ2v) is 8.94. The Morgan fingerprint density at radius 2 is 1.94 bits per heavy atom. The van der Waals surface area contributed by atoms with E-state index in [-0.39, 0.29) is 10.9 Å². The van der Waals surface area contributed by atoms with Crippen LogP contribution in [0.1, 0.15) is 27.9 Å². The Morgan fingerprint density at radius 1 is 1.08 bits per heavy atom. The van der Waals surface area contributed by atoms with Crippen molar-refractivity contribution < 1.29 is 9.63 Å². The predicted octanol–water partition coefficient (Wildman–Crippen LogP) is 3.80. The maximum Gasteiger partial charge on any atom is 0.280 e. The number of carbonyl (C=O) groups is 1. The molecule has 0 aliphatic heterocycles.